The number of carbonyl (C=O) groups excluding carboxylic acids is 3. The van der Waals surface area contributed by atoms with Crippen LogP contribution in [0.5, 0.6) is 0 Å². The lowest BCUT2D eigenvalue weighted by Crippen LogP contribution is -2.53. The molecule has 2 rings (SSSR count). The monoisotopic (exact) mass is 493 g/mol. The van der Waals surface area contributed by atoms with Gasteiger partial charge in [0.2, 0.25) is 17.7 Å². The van der Waals surface area contributed by atoms with Crippen LogP contribution in [-0.4, -0.2) is 60.9 Å². The third-order valence-corrected chi connectivity index (χ3v) is 5.63. The van der Waals surface area contributed by atoms with Crippen LogP contribution in [0.1, 0.15) is 29.5 Å². The van der Waals surface area contributed by atoms with Gasteiger partial charge in [0.1, 0.15) is 6.04 Å². The van der Waals surface area contributed by atoms with Crippen LogP contribution in [0.4, 0.5) is 0 Å². The molecule has 0 fully saturated rings. The number of benzene rings is 2. The van der Waals surface area contributed by atoms with Crippen molar-refractivity contribution in [2.45, 2.75) is 37.9 Å². The van der Waals surface area contributed by atoms with Gasteiger partial charge in [-0.1, -0.05) is 42.5 Å². The maximum atomic E-state index is 13.0. The molecule has 2 atom stereocenters. The molecule has 0 spiro atoms. The van der Waals surface area contributed by atoms with Crippen molar-refractivity contribution >= 4 is 17.7 Å². The zero-order chi connectivity index (χ0) is 26.3. The van der Waals surface area contributed by atoms with E-state index in [2.05, 4.69) is 10.6 Å². The van der Waals surface area contributed by atoms with Crippen LogP contribution in [0.3, 0.4) is 0 Å². The Bertz CT molecular complexity index is 1020. The quantitative estimate of drug-likeness (QED) is 0.241. The van der Waals surface area contributed by atoms with Gasteiger partial charge in [-0.25, -0.2) is 0 Å². The number of nitrogens with zero attached hydrogens (tertiary/aromatic N) is 2. The number of nitrogens with one attached hydrogen (secondary N) is 2. The van der Waals surface area contributed by atoms with Gasteiger partial charge in [-0.3, -0.25) is 14.4 Å². The number of aryl methyl sites for hydroxylation is 1. The molecule has 0 aliphatic rings. The highest BCUT2D eigenvalue weighted by Crippen LogP contribution is 2.08. The van der Waals surface area contributed by atoms with Crippen molar-refractivity contribution < 1.29 is 14.4 Å². The summed E-state index contributed by atoms with van der Waals surface area (Å²) in [5.74, 6) is -1.27. The molecule has 10 heteroatoms. The third-order valence-electron chi connectivity index (χ3n) is 5.63. The molecule has 192 valence electrons. The minimum absolute atomic E-state index is 0.218. The van der Waals surface area contributed by atoms with Crippen LogP contribution < -0.4 is 27.8 Å². The smallest absolute Gasteiger partial charge is 0.242 e. The molecule has 36 heavy (non-hydrogen) atoms. The first-order valence-corrected chi connectivity index (χ1v) is 11.9. The van der Waals surface area contributed by atoms with E-state index in [9.17, 15) is 14.4 Å². The molecule has 0 unspecified atom stereocenters. The Morgan fingerprint density at radius 3 is 2.14 bits per heavy atom. The second-order valence-corrected chi connectivity index (χ2v) is 8.38. The molecular formula is C26H35N7O3. The molecule has 2 aromatic carbocycles. The minimum atomic E-state index is -1.12. The van der Waals surface area contributed by atoms with Crippen molar-refractivity contribution in [2.75, 3.05) is 26.2 Å². The Kier molecular flexibility index (Phi) is 12.1. The Balaban J connectivity index is 2.03. The first-order chi connectivity index (χ1) is 17.4. The first-order valence-electron chi connectivity index (χ1n) is 11.9. The van der Waals surface area contributed by atoms with E-state index < -0.39 is 18.0 Å². The van der Waals surface area contributed by atoms with Crippen molar-refractivity contribution in [1.29, 1.82) is 5.26 Å². The first kappa shape index (κ1) is 28.5. The number of rotatable bonds is 14. The van der Waals surface area contributed by atoms with E-state index in [4.69, 9.17) is 22.5 Å². The summed E-state index contributed by atoms with van der Waals surface area (Å²) >= 11 is 0. The molecule has 8 N–H and O–H groups in total. The van der Waals surface area contributed by atoms with Gasteiger partial charge in [0.25, 0.3) is 0 Å². The van der Waals surface area contributed by atoms with Gasteiger partial charge in [-0.2, -0.15) is 5.26 Å². The zero-order valence-electron chi connectivity index (χ0n) is 20.4. The number of nitriles is 1. The molecule has 0 bridgehead atoms. The fraction of sp³-hybridized carbons (Fsp3) is 0.385. The summed E-state index contributed by atoms with van der Waals surface area (Å²) in [6.07, 6.45) is 0.692. The van der Waals surface area contributed by atoms with Crippen LogP contribution >= 0.6 is 0 Å². The average molecular weight is 494 g/mol. The summed E-state index contributed by atoms with van der Waals surface area (Å²) < 4.78 is 0. The lowest BCUT2D eigenvalue weighted by molar-refractivity contribution is -0.135. The molecule has 3 amide bonds. The van der Waals surface area contributed by atoms with E-state index in [0.717, 1.165) is 11.1 Å². The van der Waals surface area contributed by atoms with E-state index in [1.54, 1.807) is 24.3 Å². The van der Waals surface area contributed by atoms with Crippen LogP contribution in [0.2, 0.25) is 0 Å². The topological polar surface area (TPSA) is 180 Å². The van der Waals surface area contributed by atoms with Crippen molar-refractivity contribution in [1.82, 2.24) is 15.5 Å². The van der Waals surface area contributed by atoms with Crippen molar-refractivity contribution in [2.24, 2.45) is 17.2 Å². The van der Waals surface area contributed by atoms with Gasteiger partial charge in [0.05, 0.1) is 24.1 Å². The summed E-state index contributed by atoms with van der Waals surface area (Å²) in [5, 5.41) is 14.5. The molecular weight excluding hydrogens is 458 g/mol. The Morgan fingerprint density at radius 1 is 0.917 bits per heavy atom. The number of amides is 3. The average Bonchev–Trinajstić information content (AvgIpc) is 2.90. The molecule has 2 aromatic rings. The van der Waals surface area contributed by atoms with Gasteiger partial charge >= 0.3 is 0 Å². The number of nitrogens with two attached hydrogens (primary N) is 3. The molecule has 0 aliphatic heterocycles. The largest absolute Gasteiger partial charge is 0.350 e. The maximum Gasteiger partial charge on any atom is 0.242 e. The molecule has 0 radical (unpaired) electrons. The summed E-state index contributed by atoms with van der Waals surface area (Å²) in [7, 11) is 0. The van der Waals surface area contributed by atoms with Crippen molar-refractivity contribution in [3.05, 3.63) is 71.3 Å². The molecule has 10 nitrogen and oxygen atoms in total. The van der Waals surface area contributed by atoms with E-state index in [1.807, 2.05) is 36.4 Å². The summed E-state index contributed by atoms with van der Waals surface area (Å²) in [6.45, 7) is 1.42. The molecule has 0 saturated heterocycles. The fourth-order valence-electron chi connectivity index (χ4n) is 3.60. The van der Waals surface area contributed by atoms with Crippen LogP contribution in [-0.2, 0) is 27.3 Å². The van der Waals surface area contributed by atoms with E-state index in [1.165, 1.54) is 4.90 Å². The van der Waals surface area contributed by atoms with Gasteiger partial charge < -0.3 is 32.7 Å². The molecule has 0 saturated carbocycles. The summed E-state index contributed by atoms with van der Waals surface area (Å²) in [5.41, 5.74) is 19.5. The Morgan fingerprint density at radius 2 is 1.56 bits per heavy atom. The van der Waals surface area contributed by atoms with Gasteiger partial charge in [0, 0.05) is 32.7 Å². The number of hydrogen-bond donors (Lipinski definition) is 5. The van der Waals surface area contributed by atoms with Crippen molar-refractivity contribution in [3.8, 4) is 6.07 Å². The zero-order valence-corrected chi connectivity index (χ0v) is 20.4. The van der Waals surface area contributed by atoms with Crippen LogP contribution in [0.15, 0.2) is 54.6 Å². The standard InChI is InChI=1S/C26H35N7O3/c27-12-14-33(15-13-28)24(34)16-22(30)25(35)32-23(11-10-19-4-2-1-3-5-19)26(36)31-18-21-8-6-20(17-29)7-9-21/h1-9,22-23H,10-16,18,27-28,30H2,(H,31,36)(H,32,35)/t22-,23-/m0/s1. The highest BCUT2D eigenvalue weighted by atomic mass is 16.2. The third kappa shape index (κ3) is 9.46. The lowest BCUT2D eigenvalue weighted by atomic mass is 10.0. The predicted octanol–water partition coefficient (Wildman–Crippen LogP) is -0.245. The Hall–Kier alpha value is -3.78. The second-order valence-electron chi connectivity index (χ2n) is 8.38. The Labute approximate surface area is 211 Å². The number of hydrogen-bond acceptors (Lipinski definition) is 7. The van der Waals surface area contributed by atoms with Crippen LogP contribution in [0.25, 0.3) is 0 Å². The SMILES string of the molecule is N#Cc1ccc(CNC(=O)[C@H](CCc2ccccc2)NC(=O)[C@@H](N)CC(=O)N(CCN)CCN)cc1. The molecule has 0 heterocycles. The van der Waals surface area contributed by atoms with E-state index in [0.29, 0.717) is 31.5 Å². The molecule has 0 aliphatic carbocycles. The fourth-order valence-corrected chi connectivity index (χ4v) is 3.60. The predicted molar refractivity (Wildman–Crippen MR) is 137 cm³/mol. The second kappa shape index (κ2) is 15.3. The van der Waals surface area contributed by atoms with Gasteiger partial charge in [-0.05, 0) is 36.1 Å². The van der Waals surface area contributed by atoms with E-state index in [-0.39, 0.29) is 37.9 Å². The normalized spacial score (nSPS) is 12.2. The molecule has 0 aromatic heterocycles. The van der Waals surface area contributed by atoms with Gasteiger partial charge in [-0.15, -0.1) is 0 Å². The van der Waals surface area contributed by atoms with Gasteiger partial charge in [0.15, 0.2) is 0 Å². The highest BCUT2D eigenvalue weighted by Gasteiger charge is 2.26. The lowest BCUT2D eigenvalue weighted by Gasteiger charge is -2.24. The minimum Gasteiger partial charge on any atom is -0.350 e. The maximum absolute atomic E-state index is 13.0. The highest BCUT2D eigenvalue weighted by molar-refractivity contribution is 5.92. The van der Waals surface area contributed by atoms with Crippen LogP contribution in [0, 0.1) is 11.3 Å². The van der Waals surface area contributed by atoms with Crippen molar-refractivity contribution in [3.63, 3.8) is 0 Å². The van der Waals surface area contributed by atoms with E-state index >= 15 is 0 Å². The number of carbonyl (C=O) groups is 3. The summed E-state index contributed by atoms with van der Waals surface area (Å²) in [6, 6.07) is 16.5. The summed E-state index contributed by atoms with van der Waals surface area (Å²) in [4.78, 5) is 39.8.